The molecule has 4 nitrogen and oxygen atoms in total. The average Bonchev–Trinajstić information content (AvgIpc) is 2.98. The van der Waals surface area contributed by atoms with Crippen LogP contribution in [-0.4, -0.2) is 27.2 Å². The molecule has 1 aromatic rings. The lowest BCUT2D eigenvalue weighted by Gasteiger charge is -2.23. The Morgan fingerprint density at radius 2 is 2.33 bits per heavy atom. The van der Waals surface area contributed by atoms with E-state index >= 15 is 0 Å². The number of aliphatic hydroxyl groups is 1. The molecule has 1 aliphatic carbocycles. The highest BCUT2D eigenvalue weighted by Crippen LogP contribution is 2.39. The summed E-state index contributed by atoms with van der Waals surface area (Å²) in [6.07, 6.45) is 3.62. The predicted octanol–water partition coefficient (Wildman–Crippen LogP) is 1.70. The number of rotatable bonds is 4. The quantitative estimate of drug-likeness (QED) is 0.769. The van der Waals surface area contributed by atoms with Crippen molar-refractivity contribution in [3.05, 3.63) is 17.5 Å². The Hall–Kier alpha value is -0.870. The molecule has 0 saturated heterocycles. The van der Waals surface area contributed by atoms with Crippen LogP contribution in [0.25, 0.3) is 0 Å². The lowest BCUT2D eigenvalue weighted by atomic mass is 10.0. The summed E-state index contributed by atoms with van der Waals surface area (Å²) in [6.45, 7) is 2.34. The minimum atomic E-state index is -0.655. The van der Waals surface area contributed by atoms with Gasteiger partial charge in [-0.05, 0) is 25.7 Å². The van der Waals surface area contributed by atoms with Gasteiger partial charge in [0.25, 0.3) is 0 Å². The van der Waals surface area contributed by atoms with Gasteiger partial charge in [0.15, 0.2) is 0 Å². The van der Waals surface area contributed by atoms with E-state index in [9.17, 15) is 5.11 Å². The normalized spacial score (nSPS) is 19.7. The van der Waals surface area contributed by atoms with Crippen LogP contribution in [0.2, 0.25) is 5.15 Å². The third-order valence-electron chi connectivity index (χ3n) is 2.72. The fraction of sp³-hybridized carbons (Fsp3) is 0.600. The maximum atomic E-state index is 10.0. The third kappa shape index (κ3) is 2.79. The monoisotopic (exact) mass is 227 g/mol. The van der Waals surface area contributed by atoms with Gasteiger partial charge in [-0.3, -0.25) is 0 Å². The fourth-order valence-corrected chi connectivity index (χ4v) is 1.70. The van der Waals surface area contributed by atoms with E-state index in [1.807, 2.05) is 6.92 Å². The first kappa shape index (κ1) is 10.6. The Kier molecular flexibility index (Phi) is 2.80. The highest BCUT2D eigenvalue weighted by Gasteiger charge is 2.39. The van der Waals surface area contributed by atoms with Gasteiger partial charge in [-0.15, -0.1) is 0 Å². The number of halogens is 1. The molecule has 0 bridgehead atoms. The molecule has 0 radical (unpaired) electrons. The van der Waals surface area contributed by atoms with Crippen molar-refractivity contribution in [2.45, 2.75) is 25.4 Å². The van der Waals surface area contributed by atoms with E-state index in [-0.39, 0.29) is 0 Å². The molecule has 0 aliphatic heterocycles. The Balaban J connectivity index is 1.92. The number of hydrogen-bond acceptors (Lipinski definition) is 4. The van der Waals surface area contributed by atoms with Crippen molar-refractivity contribution < 1.29 is 5.11 Å². The van der Waals surface area contributed by atoms with Crippen LogP contribution in [0.5, 0.6) is 0 Å². The summed E-state index contributed by atoms with van der Waals surface area (Å²) < 4.78 is 0. The molecule has 1 saturated carbocycles. The van der Waals surface area contributed by atoms with Crippen molar-refractivity contribution in [2.24, 2.45) is 5.92 Å². The molecular formula is C10H14ClN3O. The maximum Gasteiger partial charge on any atom is 0.134 e. The first-order valence-electron chi connectivity index (χ1n) is 5.02. The molecule has 1 unspecified atom stereocenters. The first-order valence-corrected chi connectivity index (χ1v) is 5.39. The molecule has 2 rings (SSSR count). The van der Waals surface area contributed by atoms with E-state index in [1.165, 1.54) is 6.33 Å². The molecule has 1 heterocycles. The van der Waals surface area contributed by atoms with Gasteiger partial charge >= 0.3 is 0 Å². The zero-order valence-corrected chi connectivity index (χ0v) is 9.33. The summed E-state index contributed by atoms with van der Waals surface area (Å²) in [5.41, 5.74) is -0.655. The molecule has 1 fully saturated rings. The summed E-state index contributed by atoms with van der Waals surface area (Å²) in [5, 5.41) is 13.5. The Morgan fingerprint density at radius 3 is 2.93 bits per heavy atom. The van der Waals surface area contributed by atoms with E-state index in [0.717, 1.165) is 12.8 Å². The molecule has 15 heavy (non-hydrogen) atoms. The van der Waals surface area contributed by atoms with Gasteiger partial charge < -0.3 is 10.4 Å². The second kappa shape index (κ2) is 3.94. The molecule has 82 valence electrons. The second-order valence-electron chi connectivity index (χ2n) is 4.21. The van der Waals surface area contributed by atoms with Crippen LogP contribution in [0.1, 0.15) is 19.8 Å². The Morgan fingerprint density at radius 1 is 1.60 bits per heavy atom. The highest BCUT2D eigenvalue weighted by molar-refractivity contribution is 6.29. The summed E-state index contributed by atoms with van der Waals surface area (Å²) in [6, 6.07) is 1.64. The lowest BCUT2D eigenvalue weighted by Crippen LogP contribution is -2.35. The van der Waals surface area contributed by atoms with E-state index in [1.54, 1.807) is 6.07 Å². The van der Waals surface area contributed by atoms with Crippen LogP contribution < -0.4 is 5.32 Å². The number of aromatic nitrogens is 2. The van der Waals surface area contributed by atoms with Gasteiger partial charge in [0, 0.05) is 12.6 Å². The van der Waals surface area contributed by atoms with Crippen molar-refractivity contribution >= 4 is 17.4 Å². The number of nitrogens with zero attached hydrogens (tertiary/aromatic N) is 2. The minimum absolute atomic E-state index is 0.401. The van der Waals surface area contributed by atoms with Gasteiger partial charge in [-0.25, -0.2) is 9.97 Å². The second-order valence-corrected chi connectivity index (χ2v) is 4.60. The number of nitrogens with one attached hydrogen (secondary N) is 1. The topological polar surface area (TPSA) is 58.0 Å². The van der Waals surface area contributed by atoms with Gasteiger partial charge in [0.1, 0.15) is 17.3 Å². The zero-order chi connectivity index (χ0) is 10.9. The van der Waals surface area contributed by atoms with Crippen LogP contribution in [0.4, 0.5) is 5.82 Å². The van der Waals surface area contributed by atoms with Gasteiger partial charge in [0.2, 0.25) is 0 Å². The van der Waals surface area contributed by atoms with E-state index in [0.29, 0.717) is 23.4 Å². The Labute approximate surface area is 93.7 Å². The molecule has 5 heteroatoms. The van der Waals surface area contributed by atoms with Crippen LogP contribution in [0.3, 0.4) is 0 Å². The van der Waals surface area contributed by atoms with E-state index in [4.69, 9.17) is 11.6 Å². The SMILES string of the molecule is CC(O)(CNc1cc(Cl)ncn1)C1CC1. The summed E-state index contributed by atoms with van der Waals surface area (Å²) in [7, 11) is 0. The molecule has 0 amide bonds. The highest BCUT2D eigenvalue weighted by atomic mass is 35.5. The van der Waals surface area contributed by atoms with E-state index < -0.39 is 5.60 Å². The summed E-state index contributed by atoms with van der Waals surface area (Å²) in [5.74, 6) is 1.07. The van der Waals surface area contributed by atoms with Crippen molar-refractivity contribution in [3.8, 4) is 0 Å². The predicted molar refractivity (Wildman–Crippen MR) is 58.9 cm³/mol. The van der Waals surface area contributed by atoms with Crippen molar-refractivity contribution in [3.63, 3.8) is 0 Å². The number of anilines is 1. The molecular weight excluding hydrogens is 214 g/mol. The summed E-state index contributed by atoms with van der Waals surface area (Å²) in [4.78, 5) is 7.79. The molecule has 1 aromatic heterocycles. The van der Waals surface area contributed by atoms with Crippen LogP contribution in [0.15, 0.2) is 12.4 Å². The summed E-state index contributed by atoms with van der Waals surface area (Å²) >= 11 is 5.72. The molecule has 0 aromatic carbocycles. The fourth-order valence-electron chi connectivity index (χ4n) is 1.55. The van der Waals surface area contributed by atoms with Gasteiger partial charge in [0.05, 0.1) is 5.60 Å². The van der Waals surface area contributed by atoms with Crippen LogP contribution in [0, 0.1) is 5.92 Å². The Bertz CT molecular complexity index is 352. The minimum Gasteiger partial charge on any atom is -0.388 e. The zero-order valence-electron chi connectivity index (χ0n) is 8.57. The average molecular weight is 228 g/mol. The lowest BCUT2D eigenvalue weighted by molar-refractivity contribution is 0.0502. The molecule has 2 N–H and O–H groups in total. The van der Waals surface area contributed by atoms with E-state index in [2.05, 4.69) is 15.3 Å². The van der Waals surface area contributed by atoms with Crippen molar-refractivity contribution in [1.82, 2.24) is 9.97 Å². The van der Waals surface area contributed by atoms with Crippen LogP contribution in [-0.2, 0) is 0 Å². The van der Waals surface area contributed by atoms with Gasteiger partial charge in [-0.2, -0.15) is 0 Å². The first-order chi connectivity index (χ1) is 7.08. The smallest absolute Gasteiger partial charge is 0.134 e. The van der Waals surface area contributed by atoms with Crippen LogP contribution >= 0.6 is 11.6 Å². The molecule has 1 aliphatic rings. The van der Waals surface area contributed by atoms with Crippen molar-refractivity contribution in [1.29, 1.82) is 0 Å². The standard InChI is InChI=1S/C10H14ClN3O/c1-10(15,7-2-3-7)5-12-9-4-8(11)13-6-14-9/h4,6-7,15H,2-3,5H2,1H3,(H,12,13,14). The maximum absolute atomic E-state index is 10.0. The molecule has 0 spiro atoms. The number of hydrogen-bond donors (Lipinski definition) is 2. The largest absolute Gasteiger partial charge is 0.388 e. The third-order valence-corrected chi connectivity index (χ3v) is 2.92. The van der Waals surface area contributed by atoms with Crippen molar-refractivity contribution in [2.75, 3.05) is 11.9 Å². The van der Waals surface area contributed by atoms with Gasteiger partial charge in [-0.1, -0.05) is 11.6 Å². The molecule has 1 atom stereocenters.